The highest BCUT2D eigenvalue weighted by atomic mass is 19.4. The van der Waals surface area contributed by atoms with Gasteiger partial charge in [0.2, 0.25) is 0 Å². The van der Waals surface area contributed by atoms with E-state index in [2.05, 4.69) is 0 Å². The normalized spacial score (nSPS) is 20.8. The van der Waals surface area contributed by atoms with Crippen molar-refractivity contribution in [1.29, 1.82) is 0 Å². The first-order valence-electron chi connectivity index (χ1n) is 11.7. The fraction of sp³-hybridized carbons (Fsp3) is 0.357. The second-order valence-corrected chi connectivity index (χ2v) is 8.71. The molecule has 0 unspecified atom stereocenters. The van der Waals surface area contributed by atoms with Crippen LogP contribution >= 0.6 is 0 Å². The van der Waals surface area contributed by atoms with Crippen molar-refractivity contribution < 1.29 is 27.4 Å². The van der Waals surface area contributed by atoms with Crippen LogP contribution < -0.4 is 0 Å². The molecule has 1 aliphatic heterocycles. The van der Waals surface area contributed by atoms with E-state index in [9.17, 15) is 13.2 Å². The SMILES string of the molecule is FC(F)(F)CN1C[C@@H](OCc2ccccc2)[C@H](OCc2ccccc2)[C@H]1COCc1ccccc1. The van der Waals surface area contributed by atoms with Gasteiger partial charge in [0, 0.05) is 6.54 Å². The highest BCUT2D eigenvalue weighted by molar-refractivity contribution is 5.15. The molecule has 1 aliphatic rings. The summed E-state index contributed by atoms with van der Waals surface area (Å²) in [6, 6.07) is 28.2. The van der Waals surface area contributed by atoms with Gasteiger partial charge in [-0.3, -0.25) is 4.90 Å². The van der Waals surface area contributed by atoms with Crippen LogP contribution in [0.25, 0.3) is 0 Å². The van der Waals surface area contributed by atoms with Crippen LogP contribution in [0.5, 0.6) is 0 Å². The van der Waals surface area contributed by atoms with Gasteiger partial charge in [0.1, 0.15) is 6.10 Å². The van der Waals surface area contributed by atoms with Crippen LogP contribution in [0.2, 0.25) is 0 Å². The standard InChI is InChI=1S/C28H30F3NO3/c29-28(30,31)21-32-16-26(34-18-23-12-6-2-7-13-23)27(35-19-24-14-8-3-9-15-24)25(32)20-33-17-22-10-4-1-5-11-22/h1-15,25-27H,16-21H2/t25-,26-,27-/m1/s1. The first kappa shape index (κ1) is 25.4. The lowest BCUT2D eigenvalue weighted by Crippen LogP contribution is -2.45. The van der Waals surface area contributed by atoms with Gasteiger partial charge < -0.3 is 14.2 Å². The number of halogens is 3. The molecule has 4 nitrogen and oxygen atoms in total. The molecule has 0 amide bonds. The number of hydrogen-bond donors (Lipinski definition) is 0. The molecular formula is C28H30F3NO3. The molecule has 0 saturated carbocycles. The van der Waals surface area contributed by atoms with Crippen LogP contribution in [0.4, 0.5) is 13.2 Å². The van der Waals surface area contributed by atoms with Gasteiger partial charge in [-0.25, -0.2) is 0 Å². The molecular weight excluding hydrogens is 455 g/mol. The Morgan fingerprint density at radius 1 is 0.686 bits per heavy atom. The highest BCUT2D eigenvalue weighted by Gasteiger charge is 2.47. The summed E-state index contributed by atoms with van der Waals surface area (Å²) in [5, 5.41) is 0. The van der Waals surface area contributed by atoms with E-state index in [0.717, 1.165) is 16.7 Å². The van der Waals surface area contributed by atoms with Crippen LogP contribution in [0, 0.1) is 0 Å². The second kappa shape index (κ2) is 12.3. The van der Waals surface area contributed by atoms with E-state index in [-0.39, 0.29) is 19.8 Å². The fourth-order valence-electron chi connectivity index (χ4n) is 4.32. The summed E-state index contributed by atoms with van der Waals surface area (Å²) in [6.45, 7) is 0.0849. The van der Waals surface area contributed by atoms with E-state index in [1.165, 1.54) is 4.90 Å². The Balaban J connectivity index is 1.49. The molecule has 0 spiro atoms. The third kappa shape index (κ3) is 7.90. The molecule has 4 rings (SSSR count). The Hall–Kier alpha value is -2.71. The molecule has 186 valence electrons. The smallest absolute Gasteiger partial charge is 0.375 e. The van der Waals surface area contributed by atoms with Gasteiger partial charge in [0.15, 0.2) is 0 Å². The predicted octanol–water partition coefficient (Wildman–Crippen LogP) is 5.62. The summed E-state index contributed by atoms with van der Waals surface area (Å²) in [7, 11) is 0. The van der Waals surface area contributed by atoms with Crippen molar-refractivity contribution in [3.63, 3.8) is 0 Å². The maximum absolute atomic E-state index is 13.5. The van der Waals surface area contributed by atoms with Gasteiger partial charge in [-0.15, -0.1) is 0 Å². The van der Waals surface area contributed by atoms with E-state index in [4.69, 9.17) is 14.2 Å². The van der Waals surface area contributed by atoms with E-state index in [1.807, 2.05) is 91.0 Å². The molecule has 0 aromatic heterocycles. The molecule has 7 heteroatoms. The fourth-order valence-corrected chi connectivity index (χ4v) is 4.32. The number of benzene rings is 3. The molecule has 3 aromatic rings. The van der Waals surface area contributed by atoms with Crippen molar-refractivity contribution in [1.82, 2.24) is 4.90 Å². The number of likely N-dealkylation sites (tertiary alicyclic amines) is 1. The third-order valence-corrected chi connectivity index (χ3v) is 6.00. The van der Waals surface area contributed by atoms with Gasteiger partial charge in [0.05, 0.1) is 45.1 Å². The molecule has 1 saturated heterocycles. The number of ether oxygens (including phenoxy) is 3. The van der Waals surface area contributed by atoms with E-state index in [1.54, 1.807) is 0 Å². The monoisotopic (exact) mass is 485 g/mol. The minimum Gasteiger partial charge on any atom is -0.375 e. The summed E-state index contributed by atoms with van der Waals surface area (Å²) >= 11 is 0. The summed E-state index contributed by atoms with van der Waals surface area (Å²) in [4.78, 5) is 1.39. The largest absolute Gasteiger partial charge is 0.401 e. The molecule has 1 fully saturated rings. The molecule has 3 atom stereocenters. The van der Waals surface area contributed by atoms with E-state index < -0.39 is 31.0 Å². The highest BCUT2D eigenvalue weighted by Crippen LogP contribution is 2.30. The average molecular weight is 486 g/mol. The van der Waals surface area contributed by atoms with Gasteiger partial charge in [-0.1, -0.05) is 91.0 Å². The molecule has 35 heavy (non-hydrogen) atoms. The Morgan fingerprint density at radius 2 is 1.17 bits per heavy atom. The van der Waals surface area contributed by atoms with Crippen LogP contribution in [-0.2, 0) is 34.0 Å². The summed E-state index contributed by atoms with van der Waals surface area (Å²) in [5.74, 6) is 0. The van der Waals surface area contributed by atoms with Gasteiger partial charge in [0.25, 0.3) is 0 Å². The van der Waals surface area contributed by atoms with Crippen molar-refractivity contribution in [3.8, 4) is 0 Å². The summed E-state index contributed by atoms with van der Waals surface area (Å²) < 4.78 is 58.7. The van der Waals surface area contributed by atoms with E-state index >= 15 is 0 Å². The van der Waals surface area contributed by atoms with Gasteiger partial charge in [-0.05, 0) is 16.7 Å². The maximum atomic E-state index is 13.5. The van der Waals surface area contributed by atoms with Crippen molar-refractivity contribution >= 4 is 0 Å². The molecule has 0 N–H and O–H groups in total. The van der Waals surface area contributed by atoms with E-state index in [0.29, 0.717) is 13.2 Å². The zero-order chi connectivity index (χ0) is 24.5. The Morgan fingerprint density at radius 3 is 1.69 bits per heavy atom. The van der Waals surface area contributed by atoms with Crippen LogP contribution in [0.15, 0.2) is 91.0 Å². The molecule has 0 bridgehead atoms. The second-order valence-electron chi connectivity index (χ2n) is 8.71. The van der Waals surface area contributed by atoms with Crippen molar-refractivity contribution in [2.24, 2.45) is 0 Å². The third-order valence-electron chi connectivity index (χ3n) is 6.00. The van der Waals surface area contributed by atoms with Crippen LogP contribution in [0.1, 0.15) is 16.7 Å². The minimum absolute atomic E-state index is 0.107. The zero-order valence-corrected chi connectivity index (χ0v) is 19.4. The lowest BCUT2D eigenvalue weighted by molar-refractivity contribution is -0.153. The number of alkyl halides is 3. The Kier molecular flexibility index (Phi) is 8.93. The van der Waals surface area contributed by atoms with Crippen LogP contribution in [-0.4, -0.2) is 49.0 Å². The molecule has 0 aliphatic carbocycles. The van der Waals surface area contributed by atoms with Crippen molar-refractivity contribution in [2.45, 2.75) is 44.2 Å². The van der Waals surface area contributed by atoms with Gasteiger partial charge >= 0.3 is 6.18 Å². The van der Waals surface area contributed by atoms with Crippen molar-refractivity contribution in [2.75, 3.05) is 19.7 Å². The Bertz CT molecular complexity index is 1000. The number of nitrogens with zero attached hydrogens (tertiary/aromatic N) is 1. The first-order valence-corrected chi connectivity index (χ1v) is 11.7. The Labute approximate surface area is 204 Å². The van der Waals surface area contributed by atoms with Gasteiger partial charge in [-0.2, -0.15) is 13.2 Å². The zero-order valence-electron chi connectivity index (χ0n) is 19.4. The maximum Gasteiger partial charge on any atom is 0.401 e. The molecule has 3 aromatic carbocycles. The topological polar surface area (TPSA) is 30.9 Å². The average Bonchev–Trinajstić information content (AvgIpc) is 3.17. The van der Waals surface area contributed by atoms with Crippen LogP contribution in [0.3, 0.4) is 0 Å². The summed E-state index contributed by atoms with van der Waals surface area (Å²) in [5.41, 5.74) is 2.87. The lowest BCUT2D eigenvalue weighted by atomic mass is 10.1. The molecule has 0 radical (unpaired) electrons. The first-order chi connectivity index (χ1) is 17.0. The lowest BCUT2D eigenvalue weighted by Gasteiger charge is -2.29. The number of rotatable bonds is 11. The number of hydrogen-bond acceptors (Lipinski definition) is 4. The predicted molar refractivity (Wildman–Crippen MR) is 128 cm³/mol. The van der Waals surface area contributed by atoms with Crippen molar-refractivity contribution in [3.05, 3.63) is 108 Å². The summed E-state index contributed by atoms with van der Waals surface area (Å²) in [6.07, 6.45) is -5.43. The molecule has 1 heterocycles. The quantitative estimate of drug-likeness (QED) is 0.353. The minimum atomic E-state index is -4.34.